The fourth-order valence-corrected chi connectivity index (χ4v) is 2.42. The van der Waals surface area contributed by atoms with E-state index in [0.29, 0.717) is 12.3 Å². The molecule has 0 radical (unpaired) electrons. The van der Waals surface area contributed by atoms with E-state index in [4.69, 9.17) is 4.42 Å². The molecule has 96 valence electrons. The van der Waals surface area contributed by atoms with Crippen molar-refractivity contribution in [3.63, 3.8) is 0 Å². The Balaban J connectivity index is 1.91. The number of phenolic OH excluding ortho intramolecular Hbond substituents is 1. The second-order valence-electron chi connectivity index (χ2n) is 4.24. The highest BCUT2D eigenvalue weighted by atomic mass is 79.9. The molecule has 0 saturated carbocycles. The fraction of sp³-hybridized carbons (Fsp3) is 0.0667. The predicted octanol–water partition coefficient (Wildman–Crippen LogP) is 4.51. The second-order valence-corrected chi connectivity index (χ2v) is 5.02. The van der Waals surface area contributed by atoms with Crippen LogP contribution in [0, 0.1) is 0 Å². The van der Waals surface area contributed by atoms with Gasteiger partial charge in [0.2, 0.25) is 0 Å². The first kappa shape index (κ1) is 12.1. The number of rotatable bonds is 3. The maximum Gasteiger partial charge on any atom is 0.169 e. The second kappa shape index (κ2) is 4.97. The summed E-state index contributed by atoms with van der Waals surface area (Å²) < 4.78 is 6.17. The van der Waals surface area contributed by atoms with E-state index in [1.807, 2.05) is 42.5 Å². The first-order valence-corrected chi connectivity index (χ1v) is 6.72. The third kappa shape index (κ3) is 2.44. The number of nitrogens with one attached hydrogen (secondary N) is 1. The summed E-state index contributed by atoms with van der Waals surface area (Å²) >= 11 is 3.28. The zero-order valence-electron chi connectivity index (χ0n) is 10.1. The molecule has 0 atom stereocenters. The fourth-order valence-electron chi connectivity index (χ4n) is 2.08. The highest BCUT2D eigenvalue weighted by Crippen LogP contribution is 2.30. The zero-order valence-corrected chi connectivity index (χ0v) is 11.6. The number of anilines is 1. The van der Waals surface area contributed by atoms with Gasteiger partial charge in [0, 0.05) is 16.5 Å². The number of fused-ring (bicyclic) bond motifs is 1. The minimum absolute atomic E-state index is 0.293. The summed E-state index contributed by atoms with van der Waals surface area (Å²) in [4.78, 5) is 0. The minimum Gasteiger partial charge on any atom is -0.507 e. The average Bonchev–Trinajstić information content (AvgIpc) is 2.83. The lowest BCUT2D eigenvalue weighted by molar-refractivity contribution is 0.481. The summed E-state index contributed by atoms with van der Waals surface area (Å²) in [6.45, 7) is 0.598. The molecule has 4 heteroatoms. The molecule has 0 fully saturated rings. The van der Waals surface area contributed by atoms with E-state index >= 15 is 0 Å². The standard InChI is InChI=1S/C15H12BrNO2/c16-15-8-7-10(19-15)9-17-13-5-1-4-12-11(13)3-2-6-14(12)18/h1-8,17-18H,9H2. The molecule has 0 saturated heterocycles. The lowest BCUT2D eigenvalue weighted by Gasteiger charge is -2.09. The highest BCUT2D eigenvalue weighted by molar-refractivity contribution is 9.10. The van der Waals surface area contributed by atoms with Gasteiger partial charge in [0.1, 0.15) is 11.5 Å². The summed E-state index contributed by atoms with van der Waals surface area (Å²) in [5, 5.41) is 15.0. The molecule has 3 aromatic rings. The molecule has 1 heterocycles. The molecule has 3 rings (SSSR count). The van der Waals surface area contributed by atoms with Gasteiger partial charge in [-0.1, -0.05) is 24.3 Å². The summed E-state index contributed by atoms with van der Waals surface area (Å²) in [7, 11) is 0. The third-order valence-corrected chi connectivity index (χ3v) is 3.41. The Labute approximate surface area is 119 Å². The molecule has 0 unspecified atom stereocenters. The van der Waals surface area contributed by atoms with Crippen molar-refractivity contribution in [1.29, 1.82) is 0 Å². The topological polar surface area (TPSA) is 45.4 Å². The number of hydrogen-bond donors (Lipinski definition) is 2. The molecule has 2 aromatic carbocycles. The van der Waals surface area contributed by atoms with Crippen molar-refractivity contribution in [2.75, 3.05) is 5.32 Å². The summed E-state index contributed by atoms with van der Waals surface area (Å²) in [5.41, 5.74) is 0.973. The molecular weight excluding hydrogens is 306 g/mol. The van der Waals surface area contributed by atoms with Crippen LogP contribution in [0.4, 0.5) is 5.69 Å². The number of furan rings is 1. The van der Waals surface area contributed by atoms with E-state index in [1.54, 1.807) is 6.07 Å². The molecule has 0 aliphatic heterocycles. The van der Waals surface area contributed by atoms with Crippen LogP contribution in [-0.4, -0.2) is 5.11 Å². The first-order valence-electron chi connectivity index (χ1n) is 5.93. The lowest BCUT2D eigenvalue weighted by atomic mass is 10.1. The third-order valence-electron chi connectivity index (χ3n) is 2.98. The van der Waals surface area contributed by atoms with Gasteiger partial charge >= 0.3 is 0 Å². The molecule has 3 nitrogen and oxygen atoms in total. The Morgan fingerprint density at radius 2 is 1.79 bits per heavy atom. The van der Waals surface area contributed by atoms with Gasteiger partial charge in [-0.15, -0.1) is 0 Å². The van der Waals surface area contributed by atoms with Crippen molar-refractivity contribution < 1.29 is 9.52 Å². The largest absolute Gasteiger partial charge is 0.507 e. The van der Waals surface area contributed by atoms with Gasteiger partial charge in [-0.05, 0) is 40.2 Å². The Kier molecular flexibility index (Phi) is 3.17. The first-order chi connectivity index (χ1) is 9.24. The van der Waals surface area contributed by atoms with Crippen LogP contribution in [0.15, 0.2) is 57.6 Å². The quantitative estimate of drug-likeness (QED) is 0.747. The van der Waals surface area contributed by atoms with E-state index in [1.165, 1.54) is 0 Å². The Morgan fingerprint density at radius 1 is 1.00 bits per heavy atom. The van der Waals surface area contributed by atoms with Crippen LogP contribution in [0.5, 0.6) is 5.75 Å². The van der Waals surface area contributed by atoms with E-state index in [9.17, 15) is 5.11 Å². The van der Waals surface area contributed by atoms with Crippen LogP contribution in [0.1, 0.15) is 5.76 Å². The summed E-state index contributed by atoms with van der Waals surface area (Å²) in [6, 6.07) is 15.1. The Bertz CT molecular complexity index is 721. The van der Waals surface area contributed by atoms with Crippen LogP contribution < -0.4 is 5.32 Å². The molecular formula is C15H12BrNO2. The van der Waals surface area contributed by atoms with Gasteiger partial charge < -0.3 is 14.8 Å². The van der Waals surface area contributed by atoms with Gasteiger partial charge in [0.05, 0.1) is 6.54 Å². The molecule has 0 aliphatic carbocycles. The minimum atomic E-state index is 0.293. The van der Waals surface area contributed by atoms with Crippen LogP contribution in [0.2, 0.25) is 0 Å². The van der Waals surface area contributed by atoms with Gasteiger partial charge in [0.25, 0.3) is 0 Å². The van der Waals surface area contributed by atoms with Gasteiger partial charge in [-0.2, -0.15) is 0 Å². The summed E-state index contributed by atoms with van der Waals surface area (Å²) in [5.74, 6) is 1.14. The number of hydrogen-bond acceptors (Lipinski definition) is 3. The van der Waals surface area contributed by atoms with Gasteiger partial charge in [0.15, 0.2) is 4.67 Å². The van der Waals surface area contributed by atoms with Crippen LogP contribution >= 0.6 is 15.9 Å². The van der Waals surface area contributed by atoms with E-state index < -0.39 is 0 Å². The van der Waals surface area contributed by atoms with Crippen LogP contribution in [-0.2, 0) is 6.54 Å². The number of phenols is 1. The van der Waals surface area contributed by atoms with Crippen LogP contribution in [0.3, 0.4) is 0 Å². The predicted molar refractivity (Wildman–Crippen MR) is 79.3 cm³/mol. The maximum absolute atomic E-state index is 9.83. The van der Waals surface area contributed by atoms with Gasteiger partial charge in [-0.25, -0.2) is 0 Å². The highest BCUT2D eigenvalue weighted by Gasteiger charge is 2.05. The molecule has 2 N–H and O–H groups in total. The molecule has 0 aliphatic rings. The number of benzene rings is 2. The van der Waals surface area contributed by atoms with Gasteiger partial charge in [-0.3, -0.25) is 0 Å². The number of aromatic hydroxyl groups is 1. The van der Waals surface area contributed by atoms with Crippen molar-refractivity contribution in [3.8, 4) is 5.75 Å². The van der Waals surface area contributed by atoms with Crippen LogP contribution in [0.25, 0.3) is 10.8 Å². The summed E-state index contributed by atoms with van der Waals surface area (Å²) in [6.07, 6.45) is 0. The van der Waals surface area contributed by atoms with Crippen molar-refractivity contribution in [3.05, 3.63) is 59.0 Å². The molecule has 0 spiro atoms. The van der Waals surface area contributed by atoms with E-state index in [2.05, 4.69) is 21.2 Å². The van der Waals surface area contributed by atoms with E-state index in [0.717, 1.165) is 26.9 Å². The monoisotopic (exact) mass is 317 g/mol. The molecule has 1 aromatic heterocycles. The maximum atomic E-state index is 9.83. The van der Waals surface area contributed by atoms with Crippen molar-refractivity contribution in [1.82, 2.24) is 0 Å². The molecule has 0 bridgehead atoms. The number of halogens is 1. The van der Waals surface area contributed by atoms with Crippen molar-refractivity contribution in [2.45, 2.75) is 6.54 Å². The Hall–Kier alpha value is -1.94. The smallest absolute Gasteiger partial charge is 0.169 e. The van der Waals surface area contributed by atoms with Crippen molar-refractivity contribution in [2.24, 2.45) is 0 Å². The lowest BCUT2D eigenvalue weighted by Crippen LogP contribution is -1.98. The Morgan fingerprint density at radius 3 is 2.58 bits per heavy atom. The SMILES string of the molecule is Oc1cccc2c(NCc3ccc(Br)o3)cccc12. The van der Waals surface area contributed by atoms with E-state index in [-0.39, 0.29) is 0 Å². The normalized spacial score (nSPS) is 10.8. The van der Waals surface area contributed by atoms with Crippen molar-refractivity contribution >= 4 is 32.4 Å². The zero-order chi connectivity index (χ0) is 13.2. The molecule has 0 amide bonds. The molecule has 19 heavy (non-hydrogen) atoms. The average molecular weight is 318 g/mol.